The predicted molar refractivity (Wildman–Crippen MR) is 66.4 cm³/mol. The van der Waals surface area contributed by atoms with Gasteiger partial charge in [-0.05, 0) is 30.7 Å². The van der Waals surface area contributed by atoms with Gasteiger partial charge in [-0.3, -0.25) is 4.79 Å². The van der Waals surface area contributed by atoms with Crippen molar-refractivity contribution in [3.63, 3.8) is 0 Å². The maximum Gasteiger partial charge on any atom is 0.241 e. The Balaban J connectivity index is 2.79. The summed E-state index contributed by atoms with van der Waals surface area (Å²) in [4.78, 5) is 11.7. The van der Waals surface area contributed by atoms with Gasteiger partial charge in [-0.1, -0.05) is 6.92 Å². The van der Waals surface area contributed by atoms with Crippen LogP contribution in [-0.2, 0) is 14.6 Å². The van der Waals surface area contributed by atoms with Crippen LogP contribution in [0.2, 0.25) is 0 Å². The molecule has 1 atom stereocenters. The van der Waals surface area contributed by atoms with E-state index >= 15 is 0 Å². The Morgan fingerprint density at radius 1 is 1.35 bits per heavy atom. The summed E-state index contributed by atoms with van der Waals surface area (Å²) in [5, 5.41) is 2.61. The van der Waals surface area contributed by atoms with Crippen LogP contribution in [0.4, 0.5) is 5.69 Å². The summed E-state index contributed by atoms with van der Waals surface area (Å²) in [5.74, 6) is -0.278. The lowest BCUT2D eigenvalue weighted by Gasteiger charge is -2.10. The second-order valence-corrected chi connectivity index (χ2v) is 5.82. The fourth-order valence-corrected chi connectivity index (χ4v) is 1.84. The van der Waals surface area contributed by atoms with Crippen LogP contribution >= 0.6 is 0 Å². The van der Waals surface area contributed by atoms with Gasteiger partial charge in [0.15, 0.2) is 9.84 Å². The van der Waals surface area contributed by atoms with Gasteiger partial charge < -0.3 is 11.1 Å². The summed E-state index contributed by atoms with van der Waals surface area (Å²) in [7, 11) is -3.21. The van der Waals surface area contributed by atoms with Crippen LogP contribution in [0.15, 0.2) is 29.2 Å². The molecule has 1 amide bonds. The molecule has 0 saturated heterocycles. The molecular weight excluding hydrogens is 240 g/mol. The van der Waals surface area contributed by atoms with E-state index in [1.165, 1.54) is 24.3 Å². The lowest BCUT2D eigenvalue weighted by atomic mass is 10.2. The molecule has 0 aliphatic rings. The second-order valence-electron chi connectivity index (χ2n) is 3.80. The summed E-state index contributed by atoms with van der Waals surface area (Å²) < 4.78 is 22.4. The van der Waals surface area contributed by atoms with Gasteiger partial charge in [0, 0.05) is 11.9 Å². The average molecular weight is 256 g/mol. The molecule has 5 nitrogen and oxygen atoms in total. The number of carbonyl (C=O) groups is 1. The molecule has 0 spiro atoms. The Labute approximate surface area is 101 Å². The van der Waals surface area contributed by atoms with Gasteiger partial charge in [0.25, 0.3) is 0 Å². The number of amides is 1. The number of rotatable bonds is 4. The molecule has 1 rings (SSSR count). The monoisotopic (exact) mass is 256 g/mol. The highest BCUT2D eigenvalue weighted by atomic mass is 32.2. The van der Waals surface area contributed by atoms with Crippen molar-refractivity contribution in [2.24, 2.45) is 5.73 Å². The van der Waals surface area contributed by atoms with Gasteiger partial charge in [-0.2, -0.15) is 0 Å². The first-order chi connectivity index (χ1) is 7.84. The fourth-order valence-electron chi connectivity index (χ4n) is 1.21. The van der Waals surface area contributed by atoms with Gasteiger partial charge in [-0.15, -0.1) is 0 Å². The third-order valence-electron chi connectivity index (χ3n) is 2.33. The molecule has 0 aliphatic heterocycles. The average Bonchev–Trinajstić information content (AvgIpc) is 2.27. The van der Waals surface area contributed by atoms with Gasteiger partial charge in [0.1, 0.15) is 0 Å². The van der Waals surface area contributed by atoms with Crippen molar-refractivity contribution in [1.82, 2.24) is 0 Å². The van der Waals surface area contributed by atoms with Gasteiger partial charge in [0.2, 0.25) is 5.91 Å². The Hall–Kier alpha value is -1.40. The van der Waals surface area contributed by atoms with Crippen molar-refractivity contribution in [1.29, 1.82) is 0 Å². The molecule has 0 aromatic heterocycles. The number of benzene rings is 1. The van der Waals surface area contributed by atoms with E-state index < -0.39 is 15.9 Å². The van der Waals surface area contributed by atoms with E-state index in [-0.39, 0.29) is 10.8 Å². The quantitative estimate of drug-likeness (QED) is 0.832. The molecule has 3 N–H and O–H groups in total. The first-order valence-electron chi connectivity index (χ1n) is 5.21. The lowest BCUT2D eigenvalue weighted by molar-refractivity contribution is -0.117. The second kappa shape index (κ2) is 5.29. The molecule has 0 fully saturated rings. The van der Waals surface area contributed by atoms with Crippen molar-refractivity contribution >= 4 is 21.4 Å². The molecule has 94 valence electrons. The normalized spacial score (nSPS) is 13.1. The van der Waals surface area contributed by atoms with E-state index in [4.69, 9.17) is 5.73 Å². The minimum atomic E-state index is -3.21. The van der Waals surface area contributed by atoms with E-state index in [1.54, 1.807) is 0 Å². The third kappa shape index (κ3) is 3.83. The maximum atomic E-state index is 11.5. The Morgan fingerprint density at radius 2 is 1.88 bits per heavy atom. The fraction of sp³-hybridized carbons (Fsp3) is 0.364. The zero-order valence-electron chi connectivity index (χ0n) is 9.80. The van der Waals surface area contributed by atoms with Crippen molar-refractivity contribution in [3.8, 4) is 0 Å². The van der Waals surface area contributed by atoms with E-state index in [0.717, 1.165) is 6.26 Å². The number of hydrogen-bond acceptors (Lipinski definition) is 4. The summed E-state index contributed by atoms with van der Waals surface area (Å²) in [5.41, 5.74) is 6.09. The molecule has 6 heteroatoms. The predicted octanol–water partition coefficient (Wildman–Crippen LogP) is 0.766. The first-order valence-corrected chi connectivity index (χ1v) is 7.10. The Bertz CT molecular complexity index is 494. The van der Waals surface area contributed by atoms with E-state index in [9.17, 15) is 13.2 Å². The summed E-state index contributed by atoms with van der Waals surface area (Å²) in [6.45, 7) is 1.82. The zero-order chi connectivity index (χ0) is 13.1. The van der Waals surface area contributed by atoms with Crippen LogP contribution in [0.1, 0.15) is 13.3 Å². The number of hydrogen-bond donors (Lipinski definition) is 2. The van der Waals surface area contributed by atoms with Crippen molar-refractivity contribution in [2.45, 2.75) is 24.3 Å². The number of carbonyl (C=O) groups excluding carboxylic acids is 1. The summed E-state index contributed by atoms with van der Waals surface area (Å²) in [6.07, 6.45) is 1.68. The van der Waals surface area contributed by atoms with Gasteiger partial charge >= 0.3 is 0 Å². The van der Waals surface area contributed by atoms with E-state index in [0.29, 0.717) is 12.1 Å². The highest BCUT2D eigenvalue weighted by Crippen LogP contribution is 2.14. The SMILES string of the molecule is CCC(N)C(=O)Nc1ccc(S(C)(=O)=O)cc1. The molecule has 0 bridgehead atoms. The van der Waals surface area contributed by atoms with E-state index in [2.05, 4.69) is 5.32 Å². The number of sulfone groups is 1. The molecule has 0 radical (unpaired) electrons. The molecule has 0 aliphatic carbocycles. The summed E-state index contributed by atoms with van der Waals surface area (Å²) in [6, 6.07) is 5.42. The molecule has 1 unspecified atom stereocenters. The standard InChI is InChI=1S/C11H16N2O3S/c1-3-10(12)11(14)13-8-4-6-9(7-5-8)17(2,15)16/h4-7,10H,3,12H2,1-2H3,(H,13,14). The maximum absolute atomic E-state index is 11.5. The van der Waals surface area contributed by atoms with E-state index in [1.807, 2.05) is 6.92 Å². The molecule has 17 heavy (non-hydrogen) atoms. The smallest absolute Gasteiger partial charge is 0.241 e. The Morgan fingerprint density at radius 3 is 2.29 bits per heavy atom. The number of anilines is 1. The van der Waals surface area contributed by atoms with Crippen LogP contribution in [-0.4, -0.2) is 26.6 Å². The molecule has 0 heterocycles. The topological polar surface area (TPSA) is 89.3 Å². The van der Waals surface area contributed by atoms with Crippen LogP contribution in [0.3, 0.4) is 0 Å². The number of nitrogens with two attached hydrogens (primary N) is 1. The largest absolute Gasteiger partial charge is 0.325 e. The minimum absolute atomic E-state index is 0.218. The highest BCUT2D eigenvalue weighted by molar-refractivity contribution is 7.90. The minimum Gasteiger partial charge on any atom is -0.325 e. The van der Waals surface area contributed by atoms with Crippen LogP contribution < -0.4 is 11.1 Å². The molecule has 1 aromatic rings. The Kier molecular flexibility index (Phi) is 4.25. The van der Waals surface area contributed by atoms with Crippen molar-refractivity contribution in [3.05, 3.63) is 24.3 Å². The first kappa shape index (κ1) is 13.7. The molecule has 1 aromatic carbocycles. The van der Waals surface area contributed by atoms with Gasteiger partial charge in [0.05, 0.1) is 10.9 Å². The van der Waals surface area contributed by atoms with Crippen LogP contribution in [0, 0.1) is 0 Å². The van der Waals surface area contributed by atoms with Crippen LogP contribution in [0.25, 0.3) is 0 Å². The van der Waals surface area contributed by atoms with Gasteiger partial charge in [-0.25, -0.2) is 8.42 Å². The van der Waals surface area contributed by atoms with Crippen molar-refractivity contribution < 1.29 is 13.2 Å². The number of nitrogens with one attached hydrogen (secondary N) is 1. The third-order valence-corrected chi connectivity index (χ3v) is 3.46. The highest BCUT2D eigenvalue weighted by Gasteiger charge is 2.11. The van der Waals surface area contributed by atoms with Crippen LogP contribution in [0.5, 0.6) is 0 Å². The summed E-state index contributed by atoms with van der Waals surface area (Å²) >= 11 is 0. The lowest BCUT2D eigenvalue weighted by Crippen LogP contribution is -2.34. The molecular formula is C11H16N2O3S. The van der Waals surface area contributed by atoms with Crippen molar-refractivity contribution in [2.75, 3.05) is 11.6 Å². The molecule has 0 saturated carbocycles. The zero-order valence-corrected chi connectivity index (χ0v) is 10.6.